The third kappa shape index (κ3) is 3.92. The predicted octanol–water partition coefficient (Wildman–Crippen LogP) is 4.21. The van der Waals surface area contributed by atoms with E-state index in [1.807, 2.05) is 17.0 Å². The summed E-state index contributed by atoms with van der Waals surface area (Å²) in [4.78, 5) is 14.4. The van der Waals surface area contributed by atoms with E-state index < -0.39 is 0 Å². The van der Waals surface area contributed by atoms with E-state index in [1.165, 1.54) is 6.07 Å². The van der Waals surface area contributed by atoms with Gasteiger partial charge in [-0.25, -0.2) is 4.39 Å². The van der Waals surface area contributed by atoms with Crippen LogP contribution in [0.4, 0.5) is 15.8 Å². The quantitative estimate of drug-likeness (QED) is 0.895. The maximum atomic E-state index is 13.9. The summed E-state index contributed by atoms with van der Waals surface area (Å²) in [5, 5.41) is 12.0. The number of amides is 1. The van der Waals surface area contributed by atoms with Gasteiger partial charge in [0.15, 0.2) is 0 Å². The molecule has 1 amide bonds. The van der Waals surface area contributed by atoms with Crippen LogP contribution in [0.3, 0.4) is 0 Å². The Labute approximate surface area is 150 Å². The Morgan fingerprint density at radius 3 is 2.60 bits per heavy atom. The monoisotopic (exact) mass is 357 g/mol. The van der Waals surface area contributed by atoms with Crippen molar-refractivity contribution in [1.29, 1.82) is 5.26 Å². The number of carbonyl (C=O) groups excluding carboxylic acids is 1. The topological polar surface area (TPSA) is 56.1 Å². The summed E-state index contributed by atoms with van der Waals surface area (Å²) >= 11 is 5.98. The largest absolute Gasteiger partial charge is 0.369 e. The summed E-state index contributed by atoms with van der Waals surface area (Å²) in [7, 11) is 0. The fourth-order valence-corrected chi connectivity index (χ4v) is 3.24. The molecule has 2 aromatic rings. The highest BCUT2D eigenvalue weighted by molar-refractivity contribution is 6.32. The molecule has 0 atom stereocenters. The molecule has 0 unspecified atom stereocenters. The smallest absolute Gasteiger partial charge is 0.227 e. The Kier molecular flexibility index (Phi) is 5.20. The normalized spacial score (nSPS) is 14.8. The van der Waals surface area contributed by atoms with Crippen LogP contribution in [0.1, 0.15) is 18.4 Å². The zero-order chi connectivity index (χ0) is 17.8. The summed E-state index contributed by atoms with van der Waals surface area (Å²) in [6.07, 6.45) is 1.31. The van der Waals surface area contributed by atoms with Gasteiger partial charge < -0.3 is 10.2 Å². The van der Waals surface area contributed by atoms with E-state index in [0.717, 1.165) is 0 Å². The average Bonchev–Trinajstić information content (AvgIpc) is 2.62. The van der Waals surface area contributed by atoms with Gasteiger partial charge in [-0.15, -0.1) is 0 Å². The van der Waals surface area contributed by atoms with Crippen LogP contribution in [-0.4, -0.2) is 19.0 Å². The Morgan fingerprint density at radius 2 is 1.96 bits per heavy atom. The molecule has 1 heterocycles. The maximum Gasteiger partial charge on any atom is 0.227 e. The van der Waals surface area contributed by atoms with Crippen molar-refractivity contribution >= 4 is 28.9 Å². The van der Waals surface area contributed by atoms with Gasteiger partial charge in [0.05, 0.1) is 16.3 Å². The molecular weight excluding hydrogens is 341 g/mol. The van der Waals surface area contributed by atoms with Crippen molar-refractivity contribution in [2.24, 2.45) is 5.92 Å². The molecule has 0 saturated carbocycles. The number of nitrogens with one attached hydrogen (secondary N) is 1. The summed E-state index contributed by atoms with van der Waals surface area (Å²) in [6, 6.07) is 13.5. The first kappa shape index (κ1) is 17.2. The van der Waals surface area contributed by atoms with Crippen molar-refractivity contribution in [2.45, 2.75) is 12.8 Å². The van der Waals surface area contributed by atoms with Crippen LogP contribution in [0.15, 0.2) is 42.5 Å². The molecular formula is C19H17ClFN3O. The molecule has 1 fully saturated rings. The minimum atomic E-state index is -0.238. The molecule has 1 aliphatic heterocycles. The molecule has 0 aliphatic carbocycles. The van der Waals surface area contributed by atoms with E-state index in [1.54, 1.807) is 30.3 Å². The first-order valence-corrected chi connectivity index (χ1v) is 8.46. The summed E-state index contributed by atoms with van der Waals surface area (Å²) in [5.41, 5.74) is 1.53. The highest BCUT2D eigenvalue weighted by Crippen LogP contribution is 2.27. The lowest BCUT2D eigenvalue weighted by Crippen LogP contribution is -2.38. The number of rotatable bonds is 3. The number of para-hydroxylation sites is 1. The number of halogens is 2. The molecule has 0 bridgehead atoms. The van der Waals surface area contributed by atoms with Crippen LogP contribution in [-0.2, 0) is 4.79 Å². The zero-order valence-electron chi connectivity index (χ0n) is 13.5. The van der Waals surface area contributed by atoms with E-state index in [0.29, 0.717) is 47.9 Å². The molecule has 128 valence electrons. The number of piperidine rings is 1. The molecule has 0 spiro atoms. The van der Waals surface area contributed by atoms with Crippen molar-refractivity contribution < 1.29 is 9.18 Å². The van der Waals surface area contributed by atoms with Crippen molar-refractivity contribution in [3.8, 4) is 6.07 Å². The van der Waals surface area contributed by atoms with Crippen LogP contribution < -0.4 is 10.2 Å². The second-order valence-corrected chi connectivity index (χ2v) is 6.42. The third-order valence-electron chi connectivity index (χ3n) is 4.42. The van der Waals surface area contributed by atoms with E-state index in [4.69, 9.17) is 16.9 Å². The van der Waals surface area contributed by atoms with Gasteiger partial charge >= 0.3 is 0 Å². The van der Waals surface area contributed by atoms with Crippen LogP contribution in [0.25, 0.3) is 0 Å². The first-order valence-electron chi connectivity index (χ1n) is 8.08. The van der Waals surface area contributed by atoms with E-state index >= 15 is 0 Å². The van der Waals surface area contributed by atoms with Gasteiger partial charge in [0, 0.05) is 24.7 Å². The van der Waals surface area contributed by atoms with Crippen molar-refractivity contribution in [3.05, 3.63) is 58.9 Å². The lowest BCUT2D eigenvalue weighted by atomic mass is 9.95. The Bertz CT molecular complexity index is 826. The van der Waals surface area contributed by atoms with Crippen LogP contribution >= 0.6 is 11.6 Å². The summed E-state index contributed by atoms with van der Waals surface area (Å²) < 4.78 is 13.9. The van der Waals surface area contributed by atoms with Gasteiger partial charge in [-0.1, -0.05) is 23.7 Å². The van der Waals surface area contributed by atoms with Gasteiger partial charge in [0.2, 0.25) is 5.91 Å². The first-order chi connectivity index (χ1) is 12.1. The summed E-state index contributed by atoms with van der Waals surface area (Å²) in [5.74, 6) is -0.441. The fourth-order valence-electron chi connectivity index (χ4n) is 3.02. The maximum absolute atomic E-state index is 13.9. The Balaban J connectivity index is 1.59. The van der Waals surface area contributed by atoms with Gasteiger partial charge in [0.1, 0.15) is 11.9 Å². The van der Waals surface area contributed by atoms with E-state index in [9.17, 15) is 9.18 Å². The number of hydrogen-bond acceptors (Lipinski definition) is 3. The number of anilines is 2. The SMILES string of the molecule is N#Cc1ccc(NC(=O)C2CCN(c3ccccc3F)CC2)cc1Cl. The Morgan fingerprint density at radius 1 is 1.24 bits per heavy atom. The standard InChI is InChI=1S/C19H17ClFN3O/c20-16-11-15(6-5-14(16)12-22)23-19(25)13-7-9-24(10-8-13)18-4-2-1-3-17(18)21/h1-6,11,13H,7-10H2,(H,23,25). The van der Waals surface area contributed by atoms with Crippen LogP contribution in [0, 0.1) is 23.1 Å². The highest BCUT2D eigenvalue weighted by atomic mass is 35.5. The molecule has 3 rings (SSSR count). The molecule has 4 nitrogen and oxygen atoms in total. The zero-order valence-corrected chi connectivity index (χ0v) is 14.3. The van der Waals surface area contributed by atoms with Crippen LogP contribution in [0.5, 0.6) is 0 Å². The lowest BCUT2D eigenvalue weighted by Gasteiger charge is -2.33. The van der Waals surface area contributed by atoms with Gasteiger partial charge in [-0.05, 0) is 43.2 Å². The molecule has 0 aromatic heterocycles. The lowest BCUT2D eigenvalue weighted by molar-refractivity contribution is -0.120. The van der Waals surface area contributed by atoms with Crippen molar-refractivity contribution in [1.82, 2.24) is 0 Å². The molecule has 2 aromatic carbocycles. The minimum Gasteiger partial charge on any atom is -0.369 e. The van der Waals surface area contributed by atoms with Gasteiger partial charge in [-0.3, -0.25) is 4.79 Å². The minimum absolute atomic E-state index is 0.0750. The molecule has 1 aliphatic rings. The second kappa shape index (κ2) is 7.54. The molecule has 1 N–H and O–H groups in total. The highest BCUT2D eigenvalue weighted by Gasteiger charge is 2.26. The average molecular weight is 358 g/mol. The number of benzene rings is 2. The Hall–Kier alpha value is -2.58. The summed E-state index contributed by atoms with van der Waals surface area (Å²) in [6.45, 7) is 1.26. The number of hydrogen-bond donors (Lipinski definition) is 1. The van der Waals surface area contributed by atoms with Gasteiger partial charge in [-0.2, -0.15) is 5.26 Å². The number of nitrogens with zero attached hydrogens (tertiary/aromatic N) is 2. The predicted molar refractivity (Wildman–Crippen MR) is 96.1 cm³/mol. The van der Waals surface area contributed by atoms with Crippen molar-refractivity contribution in [2.75, 3.05) is 23.3 Å². The second-order valence-electron chi connectivity index (χ2n) is 6.01. The molecule has 1 saturated heterocycles. The third-order valence-corrected chi connectivity index (χ3v) is 4.73. The van der Waals surface area contributed by atoms with Gasteiger partial charge in [0.25, 0.3) is 0 Å². The molecule has 25 heavy (non-hydrogen) atoms. The molecule has 0 radical (unpaired) electrons. The van der Waals surface area contributed by atoms with E-state index in [-0.39, 0.29) is 17.6 Å². The van der Waals surface area contributed by atoms with Crippen molar-refractivity contribution in [3.63, 3.8) is 0 Å². The van der Waals surface area contributed by atoms with E-state index in [2.05, 4.69) is 5.32 Å². The number of carbonyl (C=O) groups is 1. The fraction of sp³-hybridized carbons (Fsp3) is 0.263. The number of nitriles is 1. The molecule has 6 heteroatoms. The van der Waals surface area contributed by atoms with Crippen LogP contribution in [0.2, 0.25) is 5.02 Å².